The lowest BCUT2D eigenvalue weighted by Crippen LogP contribution is -2.53. The van der Waals surface area contributed by atoms with E-state index in [4.69, 9.17) is 11.6 Å². The smallest absolute Gasteiger partial charge is 0.253 e. The molecule has 32 heavy (non-hydrogen) atoms. The van der Waals surface area contributed by atoms with E-state index in [0.717, 1.165) is 44.3 Å². The van der Waals surface area contributed by atoms with Crippen LogP contribution in [-0.2, 0) is 21.2 Å². The Morgan fingerprint density at radius 3 is 2.62 bits per heavy atom. The SMILES string of the molecule is O=C1Cc2cc(C(=O)N[C@@H]3C[C@H]4CC[C@@H](C3)N4S(=O)(=O)C[C@H]3CCCNC3)c(Cl)cc2N1. The molecule has 0 unspecified atom stereocenters. The number of nitrogens with one attached hydrogen (secondary N) is 3. The van der Waals surface area contributed by atoms with E-state index >= 15 is 0 Å². The first-order valence-electron chi connectivity index (χ1n) is 11.5. The Morgan fingerprint density at radius 1 is 1.19 bits per heavy atom. The van der Waals surface area contributed by atoms with Crippen LogP contribution >= 0.6 is 11.6 Å². The number of amides is 2. The number of benzene rings is 1. The number of sulfonamides is 1. The minimum atomic E-state index is -3.32. The highest BCUT2D eigenvalue weighted by Gasteiger charge is 2.47. The molecule has 0 aliphatic carbocycles. The Balaban J connectivity index is 1.25. The number of rotatable bonds is 5. The monoisotopic (exact) mass is 480 g/mol. The first kappa shape index (κ1) is 22.1. The zero-order valence-electron chi connectivity index (χ0n) is 17.9. The largest absolute Gasteiger partial charge is 0.349 e. The highest BCUT2D eigenvalue weighted by atomic mass is 35.5. The highest BCUT2D eigenvalue weighted by Crippen LogP contribution is 2.39. The first-order chi connectivity index (χ1) is 15.3. The summed E-state index contributed by atoms with van der Waals surface area (Å²) in [6.45, 7) is 1.73. The molecule has 3 fully saturated rings. The van der Waals surface area contributed by atoms with Gasteiger partial charge in [0.15, 0.2) is 0 Å². The van der Waals surface area contributed by atoms with E-state index in [1.54, 1.807) is 16.4 Å². The fourth-order valence-corrected chi connectivity index (χ4v) is 8.43. The van der Waals surface area contributed by atoms with Crippen molar-refractivity contribution in [1.29, 1.82) is 0 Å². The fourth-order valence-electron chi connectivity index (χ4n) is 5.84. The molecule has 4 aliphatic rings. The average Bonchev–Trinajstić information content (AvgIpc) is 3.24. The van der Waals surface area contributed by atoms with Crippen molar-refractivity contribution in [3.8, 4) is 0 Å². The molecule has 2 bridgehead atoms. The maximum absolute atomic E-state index is 13.2. The number of carbonyl (C=O) groups excluding carboxylic acids is 2. The van der Waals surface area contributed by atoms with Crippen molar-refractivity contribution in [2.24, 2.45) is 5.92 Å². The van der Waals surface area contributed by atoms with Crippen LogP contribution in [0.1, 0.15) is 54.4 Å². The van der Waals surface area contributed by atoms with E-state index in [-0.39, 0.29) is 48.0 Å². The van der Waals surface area contributed by atoms with E-state index in [1.807, 2.05) is 0 Å². The number of anilines is 1. The van der Waals surface area contributed by atoms with Crippen LogP contribution in [0.25, 0.3) is 0 Å². The van der Waals surface area contributed by atoms with Gasteiger partial charge in [0.05, 0.1) is 22.8 Å². The number of carbonyl (C=O) groups is 2. The molecule has 0 spiro atoms. The van der Waals surface area contributed by atoms with Crippen molar-refractivity contribution in [2.45, 2.75) is 63.1 Å². The number of hydrogen-bond acceptors (Lipinski definition) is 5. The number of halogens is 1. The Hall–Kier alpha value is -1.68. The molecule has 5 rings (SSSR count). The summed E-state index contributed by atoms with van der Waals surface area (Å²) in [6, 6.07) is 3.09. The van der Waals surface area contributed by atoms with Gasteiger partial charge in [0.25, 0.3) is 5.91 Å². The minimum Gasteiger partial charge on any atom is -0.349 e. The Morgan fingerprint density at radius 2 is 1.94 bits per heavy atom. The molecule has 0 radical (unpaired) electrons. The molecule has 3 N–H and O–H groups in total. The zero-order valence-corrected chi connectivity index (χ0v) is 19.5. The van der Waals surface area contributed by atoms with Crippen LogP contribution in [0, 0.1) is 5.92 Å². The molecule has 4 atom stereocenters. The molecule has 8 nitrogen and oxygen atoms in total. The number of fused-ring (bicyclic) bond motifs is 3. The maximum Gasteiger partial charge on any atom is 0.253 e. The molecule has 3 saturated heterocycles. The summed E-state index contributed by atoms with van der Waals surface area (Å²) >= 11 is 6.31. The summed E-state index contributed by atoms with van der Waals surface area (Å²) in [5.41, 5.74) is 1.78. The first-order valence-corrected chi connectivity index (χ1v) is 13.4. The van der Waals surface area contributed by atoms with Gasteiger partial charge in [-0.2, -0.15) is 4.31 Å². The second-order valence-electron chi connectivity index (χ2n) is 9.56. The van der Waals surface area contributed by atoms with Crippen LogP contribution in [-0.4, -0.2) is 61.5 Å². The van der Waals surface area contributed by atoms with Crippen molar-refractivity contribution < 1.29 is 18.0 Å². The molecule has 0 aromatic heterocycles. The van der Waals surface area contributed by atoms with Gasteiger partial charge < -0.3 is 16.0 Å². The lowest BCUT2D eigenvalue weighted by atomic mass is 9.99. The van der Waals surface area contributed by atoms with Crippen molar-refractivity contribution in [1.82, 2.24) is 14.9 Å². The third-order valence-corrected chi connectivity index (χ3v) is 9.67. The van der Waals surface area contributed by atoms with Crippen molar-refractivity contribution >= 4 is 39.1 Å². The van der Waals surface area contributed by atoms with Gasteiger partial charge in [0.2, 0.25) is 15.9 Å². The topological polar surface area (TPSA) is 108 Å². The van der Waals surface area contributed by atoms with Gasteiger partial charge in [0, 0.05) is 23.8 Å². The quantitative estimate of drug-likeness (QED) is 0.596. The standard InChI is InChI=1S/C22H29ClN4O4S/c23-19-10-20-14(7-21(28)26-20)6-18(19)22(29)25-15-8-16-3-4-17(9-15)27(16)32(30,31)12-13-2-1-5-24-11-13/h6,10,13,15-17,24H,1-5,7-9,11-12H2,(H,25,29)(H,26,28)/t13-,15-,16-,17+/m0/s1. The molecule has 174 valence electrons. The molecule has 4 aliphatic heterocycles. The Labute approximate surface area is 193 Å². The minimum absolute atomic E-state index is 0.0575. The van der Waals surface area contributed by atoms with E-state index in [9.17, 15) is 18.0 Å². The summed E-state index contributed by atoms with van der Waals surface area (Å²) in [5, 5.41) is 9.40. The number of piperidine rings is 2. The molecule has 1 aromatic rings. The molecule has 10 heteroatoms. The van der Waals surface area contributed by atoms with Crippen LogP contribution in [0.5, 0.6) is 0 Å². The predicted octanol–water partition coefficient (Wildman–Crippen LogP) is 1.89. The fraction of sp³-hybridized carbons (Fsp3) is 0.636. The summed E-state index contributed by atoms with van der Waals surface area (Å²) in [4.78, 5) is 24.6. The van der Waals surface area contributed by atoms with Gasteiger partial charge in [-0.15, -0.1) is 0 Å². The normalized spacial score (nSPS) is 30.1. The van der Waals surface area contributed by atoms with Crippen molar-refractivity contribution in [3.63, 3.8) is 0 Å². The maximum atomic E-state index is 13.2. The lowest BCUT2D eigenvalue weighted by molar-refractivity contribution is -0.115. The van der Waals surface area contributed by atoms with Gasteiger partial charge >= 0.3 is 0 Å². The third-order valence-electron chi connectivity index (χ3n) is 7.23. The molecule has 0 saturated carbocycles. The van der Waals surface area contributed by atoms with Crippen LogP contribution in [0.2, 0.25) is 5.02 Å². The summed E-state index contributed by atoms with van der Waals surface area (Å²) in [6.07, 6.45) is 5.14. The average molecular weight is 481 g/mol. The molecular weight excluding hydrogens is 452 g/mol. The van der Waals surface area contributed by atoms with E-state index in [0.29, 0.717) is 29.1 Å². The lowest BCUT2D eigenvalue weighted by Gasteiger charge is -2.39. The van der Waals surface area contributed by atoms with Crippen LogP contribution in [0.3, 0.4) is 0 Å². The van der Waals surface area contributed by atoms with Gasteiger partial charge in [-0.3, -0.25) is 9.59 Å². The predicted molar refractivity (Wildman–Crippen MR) is 122 cm³/mol. The zero-order chi connectivity index (χ0) is 22.5. The summed E-state index contributed by atoms with van der Waals surface area (Å²) in [5.74, 6) is 0.00412. The van der Waals surface area contributed by atoms with Gasteiger partial charge in [0.1, 0.15) is 0 Å². The number of hydrogen-bond donors (Lipinski definition) is 3. The van der Waals surface area contributed by atoms with Gasteiger partial charge in [-0.1, -0.05) is 11.6 Å². The molecular formula is C22H29ClN4O4S. The van der Waals surface area contributed by atoms with Crippen LogP contribution in [0.15, 0.2) is 12.1 Å². The third kappa shape index (κ3) is 4.27. The summed E-state index contributed by atoms with van der Waals surface area (Å²) < 4.78 is 28.2. The van der Waals surface area contributed by atoms with E-state index in [2.05, 4.69) is 16.0 Å². The molecule has 1 aromatic carbocycles. The van der Waals surface area contributed by atoms with E-state index in [1.165, 1.54) is 0 Å². The van der Waals surface area contributed by atoms with Gasteiger partial charge in [-0.05, 0) is 75.2 Å². The second kappa shape index (κ2) is 8.59. The second-order valence-corrected chi connectivity index (χ2v) is 11.9. The molecule has 2 amide bonds. The highest BCUT2D eigenvalue weighted by molar-refractivity contribution is 7.89. The van der Waals surface area contributed by atoms with E-state index < -0.39 is 10.0 Å². The summed E-state index contributed by atoms with van der Waals surface area (Å²) in [7, 11) is -3.32. The van der Waals surface area contributed by atoms with Gasteiger partial charge in [-0.25, -0.2) is 8.42 Å². The molecule has 4 heterocycles. The van der Waals surface area contributed by atoms with Crippen LogP contribution < -0.4 is 16.0 Å². The van der Waals surface area contributed by atoms with Crippen molar-refractivity contribution in [3.05, 3.63) is 28.3 Å². The Kier molecular flexibility index (Phi) is 5.94. The van der Waals surface area contributed by atoms with Crippen LogP contribution in [0.4, 0.5) is 5.69 Å². The number of nitrogens with zero attached hydrogens (tertiary/aromatic N) is 1. The Bertz CT molecular complexity index is 1030. The van der Waals surface area contributed by atoms with Crippen molar-refractivity contribution in [2.75, 3.05) is 24.2 Å².